The van der Waals surface area contributed by atoms with Gasteiger partial charge in [-0.25, -0.2) is 0 Å². The molecule has 1 aromatic rings. The molecule has 0 aliphatic heterocycles. The molecular formula is C14H17N. The maximum atomic E-state index is 5.27. The van der Waals surface area contributed by atoms with Crippen LogP contribution in [0, 0.1) is 18.3 Å². The summed E-state index contributed by atoms with van der Waals surface area (Å²) in [6, 6.07) is 9.25. The third kappa shape index (κ3) is 2.22. The monoisotopic (exact) mass is 199 g/mol. The highest BCUT2D eigenvalue weighted by molar-refractivity contribution is 5.31. The van der Waals surface area contributed by atoms with E-state index in [4.69, 9.17) is 6.42 Å². The lowest BCUT2D eigenvalue weighted by atomic mass is 9.81. The van der Waals surface area contributed by atoms with Crippen molar-refractivity contribution in [2.24, 2.45) is 5.92 Å². The van der Waals surface area contributed by atoms with Gasteiger partial charge in [0.1, 0.15) is 0 Å². The predicted molar refractivity (Wildman–Crippen MR) is 63.6 cm³/mol. The van der Waals surface area contributed by atoms with Gasteiger partial charge in [0.05, 0.1) is 6.54 Å². The zero-order valence-electron chi connectivity index (χ0n) is 9.16. The number of rotatable bonds is 2. The van der Waals surface area contributed by atoms with Gasteiger partial charge in [-0.2, -0.15) is 0 Å². The molecule has 1 heteroatoms. The van der Waals surface area contributed by atoms with Crippen molar-refractivity contribution in [3.63, 3.8) is 0 Å². The summed E-state index contributed by atoms with van der Waals surface area (Å²) in [7, 11) is 0. The van der Waals surface area contributed by atoms with Crippen LogP contribution in [-0.2, 0) is 12.8 Å². The molecule has 0 fully saturated rings. The number of nitrogens with one attached hydrogen (secondary N) is 1. The van der Waals surface area contributed by atoms with E-state index in [9.17, 15) is 0 Å². The van der Waals surface area contributed by atoms with Crippen LogP contribution in [0.2, 0.25) is 0 Å². The normalized spacial score (nSPS) is 24.3. The molecule has 2 rings (SSSR count). The van der Waals surface area contributed by atoms with Gasteiger partial charge < -0.3 is 5.32 Å². The van der Waals surface area contributed by atoms with Crippen LogP contribution in [0.15, 0.2) is 24.3 Å². The van der Waals surface area contributed by atoms with Crippen molar-refractivity contribution in [1.82, 2.24) is 5.32 Å². The first-order chi connectivity index (χ1) is 7.31. The fourth-order valence-corrected chi connectivity index (χ4v) is 2.35. The number of fused-ring (bicyclic) bond motifs is 1. The molecule has 1 aliphatic rings. The van der Waals surface area contributed by atoms with E-state index in [1.807, 2.05) is 0 Å². The Morgan fingerprint density at radius 1 is 1.33 bits per heavy atom. The summed E-state index contributed by atoms with van der Waals surface area (Å²) in [6.07, 6.45) is 7.55. The van der Waals surface area contributed by atoms with Crippen molar-refractivity contribution in [3.8, 4) is 12.3 Å². The lowest BCUT2D eigenvalue weighted by Gasteiger charge is -2.31. The largest absolute Gasteiger partial charge is 0.303 e. The molecule has 1 nitrogen and oxygen atoms in total. The fourth-order valence-electron chi connectivity index (χ4n) is 2.35. The molecule has 1 aromatic carbocycles. The van der Waals surface area contributed by atoms with E-state index in [1.54, 1.807) is 0 Å². The van der Waals surface area contributed by atoms with Crippen LogP contribution in [-0.4, -0.2) is 12.6 Å². The van der Waals surface area contributed by atoms with E-state index in [2.05, 4.69) is 42.4 Å². The number of hydrogen-bond acceptors (Lipinski definition) is 1. The molecule has 0 saturated carbocycles. The van der Waals surface area contributed by atoms with Crippen molar-refractivity contribution >= 4 is 0 Å². The second kappa shape index (κ2) is 4.51. The van der Waals surface area contributed by atoms with Crippen molar-refractivity contribution < 1.29 is 0 Å². The van der Waals surface area contributed by atoms with Gasteiger partial charge in [-0.3, -0.25) is 0 Å². The molecule has 15 heavy (non-hydrogen) atoms. The van der Waals surface area contributed by atoms with Gasteiger partial charge in [-0.05, 0) is 29.9 Å². The van der Waals surface area contributed by atoms with E-state index in [-0.39, 0.29) is 0 Å². The molecule has 1 aliphatic carbocycles. The molecule has 0 amide bonds. The third-order valence-corrected chi connectivity index (χ3v) is 3.25. The average Bonchev–Trinajstić information content (AvgIpc) is 2.26. The summed E-state index contributed by atoms with van der Waals surface area (Å²) in [6.45, 7) is 2.97. The minimum Gasteiger partial charge on any atom is -0.303 e. The first-order valence-electron chi connectivity index (χ1n) is 5.55. The Kier molecular flexibility index (Phi) is 3.08. The summed E-state index contributed by atoms with van der Waals surface area (Å²) in [5, 5.41) is 3.43. The highest BCUT2D eigenvalue weighted by Gasteiger charge is 2.23. The molecule has 0 bridgehead atoms. The second-order valence-corrected chi connectivity index (χ2v) is 4.35. The van der Waals surface area contributed by atoms with Gasteiger partial charge in [0.15, 0.2) is 0 Å². The summed E-state index contributed by atoms with van der Waals surface area (Å²) in [5.41, 5.74) is 2.98. The quantitative estimate of drug-likeness (QED) is 0.718. The molecule has 0 heterocycles. The lowest BCUT2D eigenvalue weighted by molar-refractivity contribution is 0.365. The Hall–Kier alpha value is -1.26. The summed E-state index contributed by atoms with van der Waals surface area (Å²) >= 11 is 0. The van der Waals surface area contributed by atoms with Gasteiger partial charge in [0.2, 0.25) is 0 Å². The van der Waals surface area contributed by atoms with Crippen LogP contribution >= 0.6 is 0 Å². The van der Waals surface area contributed by atoms with Gasteiger partial charge in [0.25, 0.3) is 0 Å². The van der Waals surface area contributed by atoms with Crippen LogP contribution in [0.1, 0.15) is 18.1 Å². The molecule has 1 N–H and O–H groups in total. The molecule has 0 saturated heterocycles. The average molecular weight is 199 g/mol. The van der Waals surface area contributed by atoms with Crippen molar-refractivity contribution in [1.29, 1.82) is 0 Å². The first kappa shape index (κ1) is 10.3. The Labute approximate surface area is 91.9 Å². The topological polar surface area (TPSA) is 12.0 Å². The van der Waals surface area contributed by atoms with Crippen molar-refractivity contribution in [2.75, 3.05) is 6.54 Å². The SMILES string of the molecule is C#CCNC1Cc2ccccc2CC1C. The summed E-state index contributed by atoms with van der Waals surface area (Å²) in [5.74, 6) is 3.32. The predicted octanol–water partition coefficient (Wildman–Crippen LogP) is 2.01. The van der Waals surface area contributed by atoms with Gasteiger partial charge in [0, 0.05) is 6.04 Å². The molecular weight excluding hydrogens is 182 g/mol. The zero-order chi connectivity index (χ0) is 10.7. The van der Waals surface area contributed by atoms with Crippen LogP contribution in [0.25, 0.3) is 0 Å². The van der Waals surface area contributed by atoms with Gasteiger partial charge >= 0.3 is 0 Å². The molecule has 2 unspecified atom stereocenters. The smallest absolute Gasteiger partial charge is 0.0576 e. The Balaban J connectivity index is 2.12. The fraction of sp³-hybridized carbons (Fsp3) is 0.429. The Bertz CT molecular complexity index is 375. The highest BCUT2D eigenvalue weighted by atomic mass is 14.9. The first-order valence-corrected chi connectivity index (χ1v) is 5.55. The van der Waals surface area contributed by atoms with E-state index >= 15 is 0 Å². The third-order valence-electron chi connectivity index (χ3n) is 3.25. The zero-order valence-corrected chi connectivity index (χ0v) is 9.16. The Morgan fingerprint density at radius 3 is 2.67 bits per heavy atom. The van der Waals surface area contributed by atoms with E-state index < -0.39 is 0 Å². The number of hydrogen-bond donors (Lipinski definition) is 1. The minimum atomic E-state index is 0.538. The van der Waals surface area contributed by atoms with Crippen LogP contribution in [0.4, 0.5) is 0 Å². The van der Waals surface area contributed by atoms with Crippen molar-refractivity contribution in [3.05, 3.63) is 35.4 Å². The van der Waals surface area contributed by atoms with Crippen LogP contribution < -0.4 is 5.32 Å². The molecule has 78 valence electrons. The van der Waals surface area contributed by atoms with Crippen LogP contribution in [0.5, 0.6) is 0 Å². The molecule has 0 aromatic heterocycles. The number of terminal acetylenes is 1. The molecule has 2 atom stereocenters. The maximum absolute atomic E-state index is 5.27. The van der Waals surface area contributed by atoms with E-state index in [0.29, 0.717) is 18.5 Å². The molecule has 0 spiro atoms. The van der Waals surface area contributed by atoms with Crippen molar-refractivity contribution in [2.45, 2.75) is 25.8 Å². The standard InChI is InChI=1S/C14H17N/c1-3-8-15-14-10-13-7-5-4-6-12(13)9-11(14)2/h1,4-7,11,14-15H,8-10H2,2H3. The van der Waals surface area contributed by atoms with Gasteiger partial charge in [-0.1, -0.05) is 37.1 Å². The van der Waals surface area contributed by atoms with Gasteiger partial charge in [-0.15, -0.1) is 6.42 Å². The van der Waals surface area contributed by atoms with Crippen LogP contribution in [0.3, 0.4) is 0 Å². The molecule has 0 radical (unpaired) electrons. The Morgan fingerprint density at radius 2 is 2.00 bits per heavy atom. The maximum Gasteiger partial charge on any atom is 0.0576 e. The summed E-state index contributed by atoms with van der Waals surface area (Å²) in [4.78, 5) is 0. The summed E-state index contributed by atoms with van der Waals surface area (Å²) < 4.78 is 0. The second-order valence-electron chi connectivity index (χ2n) is 4.35. The van der Waals surface area contributed by atoms with E-state index in [0.717, 1.165) is 6.42 Å². The van der Waals surface area contributed by atoms with E-state index in [1.165, 1.54) is 17.5 Å². The minimum absolute atomic E-state index is 0.538. The lowest BCUT2D eigenvalue weighted by Crippen LogP contribution is -2.40. The highest BCUT2D eigenvalue weighted by Crippen LogP contribution is 2.25. The number of benzene rings is 1.